The first-order valence-electron chi connectivity index (χ1n) is 6.31. The van der Waals surface area contributed by atoms with Crippen LogP contribution >= 0.6 is 0 Å². The summed E-state index contributed by atoms with van der Waals surface area (Å²) < 4.78 is 6.50. The molecule has 2 amide bonds. The van der Waals surface area contributed by atoms with Gasteiger partial charge in [-0.2, -0.15) is 10.1 Å². The summed E-state index contributed by atoms with van der Waals surface area (Å²) in [6.07, 6.45) is 1.32. The van der Waals surface area contributed by atoms with Crippen molar-refractivity contribution in [3.63, 3.8) is 0 Å². The van der Waals surface area contributed by atoms with Gasteiger partial charge in [0.15, 0.2) is 0 Å². The van der Waals surface area contributed by atoms with Gasteiger partial charge < -0.3 is 10.1 Å². The van der Waals surface area contributed by atoms with Crippen LogP contribution in [0.1, 0.15) is 12.5 Å². The number of amides is 2. The predicted molar refractivity (Wildman–Crippen MR) is 73.9 cm³/mol. The highest BCUT2D eigenvalue weighted by Gasteiger charge is 2.33. The number of methoxy groups -OCH3 is 1. The van der Waals surface area contributed by atoms with Crippen LogP contribution in [0.4, 0.5) is 11.6 Å². The molecule has 1 aromatic carbocycles. The lowest BCUT2D eigenvalue weighted by Crippen LogP contribution is -2.23. The lowest BCUT2D eigenvalue weighted by Gasteiger charge is -2.10. The van der Waals surface area contributed by atoms with Gasteiger partial charge in [0, 0.05) is 11.8 Å². The molecule has 0 radical (unpaired) electrons. The number of nitrogens with zero attached hydrogens (tertiary/aromatic N) is 3. The molecule has 1 aliphatic heterocycles. The van der Waals surface area contributed by atoms with Crippen molar-refractivity contribution in [1.82, 2.24) is 14.8 Å². The summed E-state index contributed by atoms with van der Waals surface area (Å²) in [6.45, 7) is 0. The number of anilines is 2. The highest BCUT2D eigenvalue weighted by molar-refractivity contribution is 6.00. The number of aromatic nitrogens is 3. The number of nitrogens with one attached hydrogen (secondary N) is 2. The maximum atomic E-state index is 12.1. The summed E-state index contributed by atoms with van der Waals surface area (Å²) in [5, 5.41) is 9.23. The third-order valence-corrected chi connectivity index (χ3v) is 3.14. The smallest absolute Gasteiger partial charge is 0.252 e. The molecule has 0 unspecified atom stereocenters. The summed E-state index contributed by atoms with van der Waals surface area (Å²) in [6, 6.07) is 6.32. The van der Waals surface area contributed by atoms with E-state index in [0.717, 1.165) is 0 Å². The van der Waals surface area contributed by atoms with Crippen molar-refractivity contribution in [2.45, 2.75) is 12.5 Å². The summed E-state index contributed by atoms with van der Waals surface area (Å²) in [4.78, 5) is 27.7. The van der Waals surface area contributed by atoms with Crippen molar-refractivity contribution in [3.8, 4) is 5.75 Å². The van der Waals surface area contributed by atoms with Crippen LogP contribution in [0.25, 0.3) is 0 Å². The Hall–Kier alpha value is -2.90. The molecular weight excluding hydrogens is 274 g/mol. The van der Waals surface area contributed by atoms with Crippen molar-refractivity contribution in [1.29, 1.82) is 0 Å². The minimum absolute atomic E-state index is 0.0145. The number of benzene rings is 1. The Morgan fingerprint density at radius 3 is 3.19 bits per heavy atom. The van der Waals surface area contributed by atoms with Crippen LogP contribution in [-0.2, 0) is 9.59 Å². The standard InChI is InChI=1S/C13H13N5O3/c1-21-9-4-2-3-8(5-9)16-11(19)6-10-12(20)17-13-14-7-15-18(10)13/h2-5,7,10H,6H2,1H3,(H,16,19)(H,14,15,17,20)/t10-/m0/s1. The minimum atomic E-state index is -0.673. The van der Waals surface area contributed by atoms with Gasteiger partial charge in [-0.1, -0.05) is 6.07 Å². The molecule has 8 heteroatoms. The van der Waals surface area contributed by atoms with E-state index in [1.54, 1.807) is 31.4 Å². The number of hydrogen-bond donors (Lipinski definition) is 2. The van der Waals surface area contributed by atoms with Gasteiger partial charge in [-0.05, 0) is 12.1 Å². The Bertz CT molecular complexity index is 697. The first-order chi connectivity index (χ1) is 10.2. The van der Waals surface area contributed by atoms with Gasteiger partial charge in [-0.3, -0.25) is 14.9 Å². The molecule has 0 bridgehead atoms. The molecule has 1 atom stereocenters. The third kappa shape index (κ3) is 2.55. The van der Waals surface area contributed by atoms with Crippen LogP contribution in [0.15, 0.2) is 30.6 Å². The Morgan fingerprint density at radius 1 is 1.52 bits per heavy atom. The topological polar surface area (TPSA) is 98.1 Å². The molecule has 8 nitrogen and oxygen atoms in total. The molecule has 2 heterocycles. The molecular formula is C13H13N5O3. The zero-order chi connectivity index (χ0) is 14.8. The van der Waals surface area contributed by atoms with E-state index in [-0.39, 0.29) is 18.2 Å². The highest BCUT2D eigenvalue weighted by atomic mass is 16.5. The van der Waals surface area contributed by atoms with Gasteiger partial charge in [0.05, 0.1) is 13.5 Å². The minimum Gasteiger partial charge on any atom is -0.497 e. The van der Waals surface area contributed by atoms with E-state index in [1.165, 1.54) is 11.0 Å². The van der Waals surface area contributed by atoms with Crippen LogP contribution in [-0.4, -0.2) is 33.7 Å². The van der Waals surface area contributed by atoms with Gasteiger partial charge in [0.1, 0.15) is 18.1 Å². The van der Waals surface area contributed by atoms with E-state index in [9.17, 15) is 9.59 Å². The second kappa shape index (κ2) is 5.23. The molecule has 1 aliphatic rings. The van der Waals surface area contributed by atoms with Crippen molar-refractivity contribution >= 4 is 23.5 Å². The molecule has 108 valence electrons. The van der Waals surface area contributed by atoms with E-state index >= 15 is 0 Å². The largest absolute Gasteiger partial charge is 0.497 e. The Morgan fingerprint density at radius 2 is 2.38 bits per heavy atom. The van der Waals surface area contributed by atoms with E-state index in [2.05, 4.69) is 20.7 Å². The zero-order valence-corrected chi connectivity index (χ0v) is 11.2. The molecule has 2 aromatic rings. The number of rotatable bonds is 4. The summed E-state index contributed by atoms with van der Waals surface area (Å²) in [5.41, 5.74) is 0.608. The fourth-order valence-electron chi connectivity index (χ4n) is 2.14. The average Bonchev–Trinajstić information content (AvgIpc) is 3.02. The molecule has 2 N–H and O–H groups in total. The first-order valence-corrected chi connectivity index (χ1v) is 6.31. The monoisotopic (exact) mass is 287 g/mol. The fraction of sp³-hybridized carbons (Fsp3) is 0.231. The highest BCUT2D eigenvalue weighted by Crippen LogP contribution is 2.24. The average molecular weight is 287 g/mol. The first kappa shape index (κ1) is 13.1. The van der Waals surface area contributed by atoms with E-state index in [0.29, 0.717) is 17.4 Å². The number of carbonyl (C=O) groups excluding carboxylic acids is 2. The number of carbonyl (C=O) groups is 2. The SMILES string of the molecule is COc1cccc(NC(=O)C[C@H]2C(=O)Nc3ncnn32)c1. The van der Waals surface area contributed by atoms with Crippen LogP contribution in [0, 0.1) is 0 Å². The van der Waals surface area contributed by atoms with Crippen LogP contribution < -0.4 is 15.4 Å². The third-order valence-electron chi connectivity index (χ3n) is 3.14. The molecule has 3 rings (SSSR count). The quantitative estimate of drug-likeness (QED) is 0.867. The number of hydrogen-bond acceptors (Lipinski definition) is 5. The van der Waals surface area contributed by atoms with E-state index in [4.69, 9.17) is 4.74 Å². The number of fused-ring (bicyclic) bond motifs is 1. The van der Waals surface area contributed by atoms with Gasteiger partial charge in [-0.15, -0.1) is 0 Å². The second-order valence-electron chi connectivity index (χ2n) is 4.52. The molecule has 0 saturated heterocycles. The summed E-state index contributed by atoms with van der Waals surface area (Å²) in [7, 11) is 1.55. The molecule has 0 fully saturated rings. The van der Waals surface area contributed by atoms with Gasteiger partial charge >= 0.3 is 0 Å². The van der Waals surface area contributed by atoms with Crippen LogP contribution in [0.2, 0.25) is 0 Å². The van der Waals surface area contributed by atoms with E-state index < -0.39 is 6.04 Å². The van der Waals surface area contributed by atoms with Crippen molar-refractivity contribution in [3.05, 3.63) is 30.6 Å². The molecule has 0 saturated carbocycles. The Labute approximate surface area is 120 Å². The Kier molecular flexibility index (Phi) is 3.27. The lowest BCUT2D eigenvalue weighted by molar-refractivity contribution is -0.123. The maximum Gasteiger partial charge on any atom is 0.252 e. The lowest BCUT2D eigenvalue weighted by atomic mass is 10.2. The Balaban J connectivity index is 1.68. The maximum absolute atomic E-state index is 12.1. The second-order valence-corrected chi connectivity index (χ2v) is 4.52. The van der Waals surface area contributed by atoms with Crippen molar-refractivity contribution < 1.29 is 14.3 Å². The zero-order valence-electron chi connectivity index (χ0n) is 11.2. The molecule has 1 aromatic heterocycles. The van der Waals surface area contributed by atoms with Crippen molar-refractivity contribution in [2.24, 2.45) is 0 Å². The van der Waals surface area contributed by atoms with Crippen molar-refractivity contribution in [2.75, 3.05) is 17.7 Å². The number of ether oxygens (including phenoxy) is 1. The molecule has 21 heavy (non-hydrogen) atoms. The van der Waals surface area contributed by atoms with E-state index in [1.807, 2.05) is 0 Å². The van der Waals surface area contributed by atoms with Gasteiger partial charge in [0.2, 0.25) is 11.9 Å². The van der Waals surface area contributed by atoms with Crippen LogP contribution in [0.5, 0.6) is 5.75 Å². The van der Waals surface area contributed by atoms with Gasteiger partial charge in [-0.25, -0.2) is 4.68 Å². The fourth-order valence-corrected chi connectivity index (χ4v) is 2.14. The molecule has 0 aliphatic carbocycles. The normalized spacial score (nSPS) is 16.2. The summed E-state index contributed by atoms with van der Waals surface area (Å²) in [5.74, 6) is 0.433. The van der Waals surface area contributed by atoms with Gasteiger partial charge in [0.25, 0.3) is 5.91 Å². The molecule has 0 spiro atoms. The predicted octanol–water partition coefficient (Wildman–Crippen LogP) is 0.809. The summed E-state index contributed by atoms with van der Waals surface area (Å²) >= 11 is 0. The van der Waals surface area contributed by atoms with Crippen LogP contribution in [0.3, 0.4) is 0 Å².